The number of benzene rings is 1. The SMILES string of the molecule is O=C(O)[C@@H](CS)NS(=O)(=O)c1ccccc1. The van der Waals surface area contributed by atoms with Crippen LogP contribution in [0.2, 0.25) is 0 Å². The number of aliphatic carboxylic acids is 1. The molecule has 0 unspecified atom stereocenters. The van der Waals surface area contributed by atoms with Crippen molar-refractivity contribution >= 4 is 28.6 Å². The highest BCUT2D eigenvalue weighted by molar-refractivity contribution is 7.89. The summed E-state index contributed by atoms with van der Waals surface area (Å²) in [7, 11) is -3.80. The summed E-state index contributed by atoms with van der Waals surface area (Å²) in [6, 6.07) is 6.34. The lowest BCUT2D eigenvalue weighted by Crippen LogP contribution is -2.41. The van der Waals surface area contributed by atoms with Crippen molar-refractivity contribution < 1.29 is 18.3 Å². The van der Waals surface area contributed by atoms with E-state index in [4.69, 9.17) is 5.11 Å². The van der Waals surface area contributed by atoms with Crippen LogP contribution in [-0.2, 0) is 14.8 Å². The van der Waals surface area contributed by atoms with Gasteiger partial charge in [-0.15, -0.1) is 0 Å². The Hall–Kier alpha value is -1.05. The summed E-state index contributed by atoms with van der Waals surface area (Å²) >= 11 is 3.77. The van der Waals surface area contributed by atoms with E-state index in [1.54, 1.807) is 18.2 Å². The zero-order valence-electron chi connectivity index (χ0n) is 8.20. The Morgan fingerprint density at radius 3 is 2.38 bits per heavy atom. The van der Waals surface area contributed by atoms with E-state index in [0.717, 1.165) is 0 Å². The van der Waals surface area contributed by atoms with Crippen LogP contribution < -0.4 is 4.72 Å². The maximum Gasteiger partial charge on any atom is 0.322 e. The van der Waals surface area contributed by atoms with Crippen molar-refractivity contribution in [2.45, 2.75) is 10.9 Å². The fourth-order valence-corrected chi connectivity index (χ4v) is 2.60. The molecule has 1 aromatic carbocycles. The van der Waals surface area contributed by atoms with Crippen LogP contribution >= 0.6 is 12.6 Å². The second-order valence-corrected chi connectivity index (χ2v) is 5.09. The monoisotopic (exact) mass is 261 g/mol. The second-order valence-electron chi connectivity index (χ2n) is 3.01. The van der Waals surface area contributed by atoms with Crippen molar-refractivity contribution in [1.29, 1.82) is 0 Å². The Morgan fingerprint density at radius 2 is 1.94 bits per heavy atom. The molecule has 0 aromatic heterocycles. The van der Waals surface area contributed by atoms with Crippen molar-refractivity contribution in [3.8, 4) is 0 Å². The number of carboxylic acid groups (broad SMARTS) is 1. The number of carbonyl (C=O) groups is 1. The number of sulfonamides is 1. The first-order valence-corrected chi connectivity index (χ1v) is 6.50. The van der Waals surface area contributed by atoms with Gasteiger partial charge in [-0.05, 0) is 12.1 Å². The molecule has 16 heavy (non-hydrogen) atoms. The van der Waals surface area contributed by atoms with E-state index in [-0.39, 0.29) is 10.6 Å². The number of rotatable bonds is 5. The molecule has 0 aliphatic heterocycles. The molecule has 0 saturated carbocycles. The fourth-order valence-electron chi connectivity index (χ4n) is 1.02. The van der Waals surface area contributed by atoms with Gasteiger partial charge in [0, 0.05) is 5.75 Å². The Labute approximate surface area is 98.9 Å². The van der Waals surface area contributed by atoms with Gasteiger partial charge in [0.1, 0.15) is 6.04 Å². The van der Waals surface area contributed by atoms with Crippen LogP contribution in [0.3, 0.4) is 0 Å². The largest absolute Gasteiger partial charge is 0.480 e. The van der Waals surface area contributed by atoms with E-state index in [9.17, 15) is 13.2 Å². The minimum absolute atomic E-state index is 0.0306. The van der Waals surface area contributed by atoms with Gasteiger partial charge in [-0.3, -0.25) is 4.79 Å². The van der Waals surface area contributed by atoms with E-state index < -0.39 is 22.0 Å². The van der Waals surface area contributed by atoms with Crippen LogP contribution in [0.4, 0.5) is 0 Å². The molecular formula is C9H11NO4S2. The molecule has 0 radical (unpaired) electrons. The lowest BCUT2D eigenvalue weighted by molar-refractivity contribution is -0.138. The lowest BCUT2D eigenvalue weighted by Gasteiger charge is -2.12. The normalized spacial score (nSPS) is 13.3. The Balaban J connectivity index is 2.92. The number of hydrogen-bond donors (Lipinski definition) is 3. The van der Waals surface area contributed by atoms with E-state index in [0.29, 0.717) is 0 Å². The van der Waals surface area contributed by atoms with Crippen LogP contribution in [0.5, 0.6) is 0 Å². The molecule has 1 rings (SSSR count). The summed E-state index contributed by atoms with van der Waals surface area (Å²) in [5.41, 5.74) is 0. The Morgan fingerprint density at radius 1 is 1.38 bits per heavy atom. The number of hydrogen-bond acceptors (Lipinski definition) is 4. The number of nitrogens with one attached hydrogen (secondary N) is 1. The highest BCUT2D eigenvalue weighted by Crippen LogP contribution is 2.08. The first-order valence-electron chi connectivity index (χ1n) is 4.38. The molecule has 0 fully saturated rings. The molecule has 0 aliphatic rings. The first kappa shape index (κ1) is 13.0. The minimum atomic E-state index is -3.80. The summed E-state index contributed by atoms with van der Waals surface area (Å²) in [4.78, 5) is 10.7. The van der Waals surface area contributed by atoms with Crippen LogP contribution in [0.25, 0.3) is 0 Å². The zero-order valence-corrected chi connectivity index (χ0v) is 9.91. The third kappa shape index (κ3) is 3.22. The van der Waals surface area contributed by atoms with Gasteiger partial charge < -0.3 is 5.11 Å². The second kappa shape index (κ2) is 5.33. The lowest BCUT2D eigenvalue weighted by atomic mass is 10.4. The van der Waals surface area contributed by atoms with E-state index in [1.807, 2.05) is 0 Å². The van der Waals surface area contributed by atoms with Crippen LogP contribution in [-0.4, -0.2) is 31.3 Å². The molecule has 0 bridgehead atoms. The minimum Gasteiger partial charge on any atom is -0.480 e. The molecule has 1 atom stereocenters. The summed E-state index contributed by atoms with van der Waals surface area (Å²) in [5, 5.41) is 8.71. The van der Waals surface area contributed by atoms with Crippen molar-refractivity contribution in [2.24, 2.45) is 0 Å². The first-order chi connectivity index (χ1) is 7.47. The molecule has 0 heterocycles. The molecule has 0 amide bonds. The highest BCUT2D eigenvalue weighted by atomic mass is 32.2. The zero-order chi connectivity index (χ0) is 12.2. The van der Waals surface area contributed by atoms with Gasteiger partial charge in [-0.25, -0.2) is 8.42 Å². The molecule has 1 aromatic rings. The summed E-state index contributed by atoms with van der Waals surface area (Å²) in [6.45, 7) is 0. The standard InChI is InChI=1S/C9H11NO4S2/c11-9(12)8(6-15)10-16(13,14)7-4-2-1-3-5-7/h1-5,8,10,15H,6H2,(H,11,12)/t8-/m1/s1. The highest BCUT2D eigenvalue weighted by Gasteiger charge is 2.23. The van der Waals surface area contributed by atoms with Crippen LogP contribution in [0.15, 0.2) is 35.2 Å². The quantitative estimate of drug-likeness (QED) is 0.668. The van der Waals surface area contributed by atoms with Gasteiger partial charge in [0.25, 0.3) is 0 Å². The number of thiol groups is 1. The summed E-state index contributed by atoms with van der Waals surface area (Å²) in [6.07, 6.45) is 0. The third-order valence-corrected chi connectivity index (χ3v) is 3.68. The van der Waals surface area contributed by atoms with E-state index >= 15 is 0 Å². The predicted octanol–water partition coefficient (Wildman–Crippen LogP) is 0.348. The predicted molar refractivity (Wildman–Crippen MR) is 62.0 cm³/mol. The van der Waals surface area contributed by atoms with Gasteiger partial charge in [0.2, 0.25) is 10.0 Å². The molecule has 5 nitrogen and oxygen atoms in total. The van der Waals surface area contributed by atoms with Crippen LogP contribution in [0.1, 0.15) is 0 Å². The third-order valence-electron chi connectivity index (χ3n) is 1.83. The molecule has 88 valence electrons. The summed E-state index contributed by atoms with van der Waals surface area (Å²) in [5.74, 6) is -1.36. The number of carboxylic acids is 1. The fraction of sp³-hybridized carbons (Fsp3) is 0.222. The maximum absolute atomic E-state index is 11.7. The van der Waals surface area contributed by atoms with E-state index in [1.165, 1.54) is 12.1 Å². The average Bonchev–Trinajstić information content (AvgIpc) is 2.27. The average molecular weight is 261 g/mol. The van der Waals surface area contributed by atoms with Crippen molar-refractivity contribution in [3.63, 3.8) is 0 Å². The summed E-state index contributed by atoms with van der Waals surface area (Å²) < 4.78 is 25.5. The maximum atomic E-state index is 11.7. The van der Waals surface area contributed by atoms with Gasteiger partial charge in [0.15, 0.2) is 0 Å². The van der Waals surface area contributed by atoms with Gasteiger partial charge >= 0.3 is 5.97 Å². The van der Waals surface area contributed by atoms with Gasteiger partial charge in [0.05, 0.1) is 4.90 Å². The van der Waals surface area contributed by atoms with Crippen molar-refractivity contribution in [2.75, 3.05) is 5.75 Å². The van der Waals surface area contributed by atoms with Gasteiger partial charge in [-0.1, -0.05) is 18.2 Å². The van der Waals surface area contributed by atoms with Crippen molar-refractivity contribution in [1.82, 2.24) is 4.72 Å². The molecule has 0 aliphatic carbocycles. The molecule has 0 saturated heterocycles. The van der Waals surface area contributed by atoms with E-state index in [2.05, 4.69) is 17.4 Å². The smallest absolute Gasteiger partial charge is 0.322 e. The molecule has 2 N–H and O–H groups in total. The van der Waals surface area contributed by atoms with Crippen LogP contribution in [0, 0.1) is 0 Å². The molecule has 0 spiro atoms. The Bertz CT molecular complexity index is 458. The molecular weight excluding hydrogens is 250 g/mol. The topological polar surface area (TPSA) is 83.5 Å². The Kier molecular flexibility index (Phi) is 4.34. The molecule has 7 heteroatoms. The van der Waals surface area contributed by atoms with Gasteiger partial charge in [-0.2, -0.15) is 17.4 Å². The van der Waals surface area contributed by atoms with Crippen molar-refractivity contribution in [3.05, 3.63) is 30.3 Å².